The first-order chi connectivity index (χ1) is 10.1. The number of benzene rings is 1. The number of nitrogens with zero attached hydrogens (tertiary/aromatic N) is 4. The molecule has 112 valence electrons. The van der Waals surface area contributed by atoms with Crippen LogP contribution in [0.4, 0.5) is 5.69 Å². The third-order valence-corrected chi connectivity index (χ3v) is 3.32. The Labute approximate surface area is 124 Å². The van der Waals surface area contributed by atoms with Crippen LogP contribution in [0.2, 0.25) is 0 Å². The molecule has 0 aliphatic rings. The number of aromatic nitrogens is 3. The predicted octanol–water partition coefficient (Wildman–Crippen LogP) is 2.09. The molecule has 2 rings (SSSR count). The van der Waals surface area contributed by atoms with Crippen LogP contribution in [0.1, 0.15) is 24.7 Å². The minimum absolute atomic E-state index is 0.0914. The molecule has 0 aliphatic carbocycles. The third kappa shape index (κ3) is 4.05. The van der Waals surface area contributed by atoms with Gasteiger partial charge in [-0.3, -0.25) is 4.79 Å². The molecule has 1 aromatic heterocycles. The second kappa shape index (κ2) is 6.88. The molecule has 0 saturated heterocycles. The molecule has 0 bridgehead atoms. The van der Waals surface area contributed by atoms with Crippen molar-refractivity contribution in [2.24, 2.45) is 0 Å². The standard InChI is InChI=1S/C15H20N4O2/c1-3-19-14(16-11-17-19)10-18(9-8-15(20)21)13-6-4-12(2)5-7-13/h4-7,11H,3,8-10H2,1-2H3,(H,20,21). The maximum absolute atomic E-state index is 10.9. The van der Waals surface area contributed by atoms with Gasteiger partial charge in [0.25, 0.3) is 0 Å². The average Bonchev–Trinajstić information content (AvgIpc) is 2.91. The summed E-state index contributed by atoms with van der Waals surface area (Å²) in [6.45, 7) is 5.76. The molecule has 6 nitrogen and oxygen atoms in total. The molecule has 1 N–H and O–H groups in total. The molecule has 0 radical (unpaired) electrons. The van der Waals surface area contributed by atoms with E-state index in [4.69, 9.17) is 5.11 Å². The molecule has 0 unspecified atom stereocenters. The van der Waals surface area contributed by atoms with E-state index in [0.29, 0.717) is 13.1 Å². The van der Waals surface area contributed by atoms with Gasteiger partial charge in [0.2, 0.25) is 0 Å². The lowest BCUT2D eigenvalue weighted by atomic mass is 10.2. The molecule has 0 spiro atoms. The number of rotatable bonds is 7. The zero-order chi connectivity index (χ0) is 15.2. The summed E-state index contributed by atoms with van der Waals surface area (Å²) in [4.78, 5) is 17.1. The highest BCUT2D eigenvalue weighted by atomic mass is 16.4. The van der Waals surface area contributed by atoms with Crippen molar-refractivity contribution in [3.05, 3.63) is 42.0 Å². The maximum atomic E-state index is 10.9. The van der Waals surface area contributed by atoms with Crippen molar-refractivity contribution in [2.75, 3.05) is 11.4 Å². The normalized spacial score (nSPS) is 10.6. The Kier molecular flexibility index (Phi) is 4.92. The van der Waals surface area contributed by atoms with Crippen molar-refractivity contribution in [3.8, 4) is 0 Å². The number of aliphatic carboxylic acids is 1. The molecule has 0 fully saturated rings. The van der Waals surface area contributed by atoms with Crippen LogP contribution in [0.3, 0.4) is 0 Å². The highest BCUT2D eigenvalue weighted by Crippen LogP contribution is 2.17. The second-order valence-electron chi connectivity index (χ2n) is 4.89. The van der Waals surface area contributed by atoms with Gasteiger partial charge in [-0.25, -0.2) is 9.67 Å². The average molecular weight is 288 g/mol. The Hall–Kier alpha value is -2.37. The molecule has 6 heteroatoms. The van der Waals surface area contributed by atoms with Crippen molar-refractivity contribution < 1.29 is 9.90 Å². The van der Waals surface area contributed by atoms with Crippen molar-refractivity contribution in [1.82, 2.24) is 14.8 Å². The lowest BCUT2D eigenvalue weighted by Crippen LogP contribution is -2.27. The van der Waals surface area contributed by atoms with E-state index in [1.54, 1.807) is 0 Å². The van der Waals surface area contributed by atoms with Gasteiger partial charge in [-0.2, -0.15) is 5.10 Å². The molecule has 0 aliphatic heterocycles. The molecule has 0 amide bonds. The van der Waals surface area contributed by atoms with Crippen molar-refractivity contribution in [3.63, 3.8) is 0 Å². The van der Waals surface area contributed by atoms with E-state index in [-0.39, 0.29) is 6.42 Å². The van der Waals surface area contributed by atoms with Crippen LogP contribution >= 0.6 is 0 Å². The Morgan fingerprint density at radius 1 is 1.33 bits per heavy atom. The summed E-state index contributed by atoms with van der Waals surface area (Å²) in [6, 6.07) is 8.05. The van der Waals surface area contributed by atoms with Crippen LogP contribution < -0.4 is 4.90 Å². The van der Waals surface area contributed by atoms with Gasteiger partial charge >= 0.3 is 5.97 Å². The van der Waals surface area contributed by atoms with Gasteiger partial charge in [0, 0.05) is 18.8 Å². The Balaban J connectivity index is 2.19. The molecular formula is C15H20N4O2. The van der Waals surface area contributed by atoms with Gasteiger partial charge in [0.05, 0.1) is 13.0 Å². The van der Waals surface area contributed by atoms with E-state index in [1.165, 1.54) is 11.9 Å². The summed E-state index contributed by atoms with van der Waals surface area (Å²) in [7, 11) is 0. The van der Waals surface area contributed by atoms with E-state index in [9.17, 15) is 4.79 Å². The maximum Gasteiger partial charge on any atom is 0.305 e. The van der Waals surface area contributed by atoms with Gasteiger partial charge in [0.1, 0.15) is 12.2 Å². The SMILES string of the molecule is CCn1ncnc1CN(CCC(=O)O)c1ccc(C)cc1. The van der Waals surface area contributed by atoms with Gasteiger partial charge in [-0.05, 0) is 26.0 Å². The minimum Gasteiger partial charge on any atom is -0.481 e. The van der Waals surface area contributed by atoms with Crippen LogP contribution in [0.15, 0.2) is 30.6 Å². The predicted molar refractivity (Wildman–Crippen MR) is 80.2 cm³/mol. The van der Waals surface area contributed by atoms with E-state index in [1.807, 2.05) is 47.7 Å². The quantitative estimate of drug-likeness (QED) is 0.844. The Bertz CT molecular complexity index is 592. The number of carboxylic acids is 1. The zero-order valence-electron chi connectivity index (χ0n) is 12.4. The summed E-state index contributed by atoms with van der Waals surface area (Å²) < 4.78 is 1.82. The minimum atomic E-state index is -0.802. The van der Waals surface area contributed by atoms with E-state index in [2.05, 4.69) is 10.1 Å². The van der Waals surface area contributed by atoms with Crippen LogP contribution in [0.25, 0.3) is 0 Å². The van der Waals surface area contributed by atoms with Gasteiger partial charge in [-0.1, -0.05) is 17.7 Å². The molecule has 1 aromatic carbocycles. The van der Waals surface area contributed by atoms with Gasteiger partial charge < -0.3 is 10.0 Å². The number of anilines is 1. The smallest absolute Gasteiger partial charge is 0.305 e. The Morgan fingerprint density at radius 2 is 2.05 bits per heavy atom. The lowest BCUT2D eigenvalue weighted by molar-refractivity contribution is -0.136. The largest absolute Gasteiger partial charge is 0.481 e. The number of aryl methyl sites for hydroxylation is 2. The fourth-order valence-corrected chi connectivity index (χ4v) is 2.13. The monoisotopic (exact) mass is 288 g/mol. The number of hydrogen-bond donors (Lipinski definition) is 1. The third-order valence-electron chi connectivity index (χ3n) is 3.32. The lowest BCUT2D eigenvalue weighted by Gasteiger charge is -2.24. The Morgan fingerprint density at radius 3 is 2.67 bits per heavy atom. The van der Waals surface area contributed by atoms with Crippen molar-refractivity contribution in [2.45, 2.75) is 33.4 Å². The van der Waals surface area contributed by atoms with Crippen LogP contribution in [0, 0.1) is 6.92 Å². The molecule has 1 heterocycles. The van der Waals surface area contributed by atoms with E-state index in [0.717, 1.165) is 18.1 Å². The fourth-order valence-electron chi connectivity index (χ4n) is 2.13. The zero-order valence-corrected chi connectivity index (χ0v) is 12.4. The molecule has 0 saturated carbocycles. The first kappa shape index (κ1) is 15.0. The van der Waals surface area contributed by atoms with Crippen LogP contribution in [0.5, 0.6) is 0 Å². The van der Waals surface area contributed by atoms with Gasteiger partial charge in [0.15, 0.2) is 0 Å². The highest BCUT2D eigenvalue weighted by molar-refractivity contribution is 5.67. The molecule has 21 heavy (non-hydrogen) atoms. The first-order valence-electron chi connectivity index (χ1n) is 7.00. The molecular weight excluding hydrogens is 268 g/mol. The first-order valence-corrected chi connectivity index (χ1v) is 7.00. The summed E-state index contributed by atoms with van der Waals surface area (Å²) in [5.41, 5.74) is 2.17. The fraction of sp³-hybridized carbons (Fsp3) is 0.400. The van der Waals surface area contributed by atoms with Crippen LogP contribution in [-0.4, -0.2) is 32.4 Å². The van der Waals surface area contributed by atoms with Crippen molar-refractivity contribution >= 4 is 11.7 Å². The van der Waals surface area contributed by atoms with Crippen molar-refractivity contribution in [1.29, 1.82) is 0 Å². The summed E-state index contributed by atoms with van der Waals surface area (Å²) in [5, 5.41) is 13.1. The molecule has 2 aromatic rings. The summed E-state index contributed by atoms with van der Waals surface area (Å²) in [6.07, 6.45) is 1.62. The second-order valence-corrected chi connectivity index (χ2v) is 4.89. The van der Waals surface area contributed by atoms with Crippen LogP contribution in [-0.2, 0) is 17.9 Å². The highest BCUT2D eigenvalue weighted by Gasteiger charge is 2.13. The summed E-state index contributed by atoms with van der Waals surface area (Å²) in [5.74, 6) is 0.0348. The van der Waals surface area contributed by atoms with Gasteiger partial charge in [-0.15, -0.1) is 0 Å². The van der Waals surface area contributed by atoms with E-state index < -0.39 is 5.97 Å². The number of hydrogen-bond acceptors (Lipinski definition) is 4. The summed E-state index contributed by atoms with van der Waals surface area (Å²) >= 11 is 0. The topological polar surface area (TPSA) is 71.2 Å². The number of carbonyl (C=O) groups is 1. The number of carboxylic acid groups (broad SMARTS) is 1. The van der Waals surface area contributed by atoms with E-state index >= 15 is 0 Å². The molecule has 0 atom stereocenters.